The van der Waals surface area contributed by atoms with Gasteiger partial charge in [-0.05, 0) is 170 Å². The average molecular weight is 701 g/mol. The number of hydrogen-bond donors (Lipinski definition) is 0. The Balaban J connectivity index is 1.10. The van der Waals surface area contributed by atoms with Gasteiger partial charge in [-0.3, -0.25) is 0 Å². The average Bonchev–Trinajstić information content (AvgIpc) is 3.17. The van der Waals surface area contributed by atoms with Gasteiger partial charge in [0.2, 0.25) is 0 Å². The molecule has 0 radical (unpaired) electrons. The largest absolute Gasteiger partial charge is 0.310 e. The molecule has 0 amide bonds. The summed E-state index contributed by atoms with van der Waals surface area (Å²) < 4.78 is 0. The van der Waals surface area contributed by atoms with E-state index in [1.54, 1.807) is 0 Å². The molecule has 0 aliphatic heterocycles. The summed E-state index contributed by atoms with van der Waals surface area (Å²) in [6.45, 7) is 13.1. The fraction of sp³-hybridized carbons (Fsp3) is 0.115. The molecular weight excluding hydrogens is 653 g/mol. The minimum absolute atomic E-state index is 1.14. The highest BCUT2D eigenvalue weighted by Gasteiger charge is 2.15. The van der Waals surface area contributed by atoms with Crippen LogP contribution in [0.25, 0.3) is 24.3 Å². The third-order valence-electron chi connectivity index (χ3n) is 10.1. The molecule has 7 rings (SSSR count). The first-order valence-electron chi connectivity index (χ1n) is 18.8. The highest BCUT2D eigenvalue weighted by molar-refractivity contribution is 5.82. The quantitative estimate of drug-likeness (QED) is 0.131. The lowest BCUT2D eigenvalue weighted by molar-refractivity contribution is 1.26. The molecule has 2 heteroatoms. The Morgan fingerprint density at radius 3 is 0.981 bits per heavy atom. The van der Waals surface area contributed by atoms with E-state index in [9.17, 15) is 0 Å². The van der Waals surface area contributed by atoms with Gasteiger partial charge in [0.25, 0.3) is 0 Å². The minimum Gasteiger partial charge on any atom is -0.310 e. The van der Waals surface area contributed by atoms with Crippen LogP contribution in [0.2, 0.25) is 0 Å². The van der Waals surface area contributed by atoms with Gasteiger partial charge in [-0.1, -0.05) is 109 Å². The first-order valence-corrected chi connectivity index (χ1v) is 18.8. The second-order valence-corrected chi connectivity index (χ2v) is 14.3. The second kappa shape index (κ2) is 16.1. The van der Waals surface area contributed by atoms with Crippen molar-refractivity contribution in [2.75, 3.05) is 9.80 Å². The zero-order chi connectivity index (χ0) is 37.6. The molecule has 2 nitrogen and oxygen atoms in total. The predicted octanol–water partition coefficient (Wildman–Crippen LogP) is 14.8. The van der Waals surface area contributed by atoms with E-state index in [0.717, 1.165) is 34.1 Å². The molecule has 0 heterocycles. The molecule has 0 unspecified atom stereocenters. The maximum absolute atomic E-state index is 2.33. The van der Waals surface area contributed by atoms with E-state index < -0.39 is 0 Å². The fourth-order valence-corrected chi connectivity index (χ4v) is 7.13. The van der Waals surface area contributed by atoms with Gasteiger partial charge in [0.15, 0.2) is 0 Å². The van der Waals surface area contributed by atoms with Crippen LogP contribution in [0.5, 0.6) is 0 Å². The molecule has 7 aromatic carbocycles. The van der Waals surface area contributed by atoms with Crippen LogP contribution in [0, 0.1) is 41.5 Å². The Morgan fingerprint density at radius 1 is 0.278 bits per heavy atom. The van der Waals surface area contributed by atoms with Crippen LogP contribution >= 0.6 is 0 Å². The van der Waals surface area contributed by atoms with E-state index in [1.807, 2.05) is 0 Å². The molecule has 0 atom stereocenters. The summed E-state index contributed by atoms with van der Waals surface area (Å²) >= 11 is 0. The summed E-state index contributed by atoms with van der Waals surface area (Å²) in [5.41, 5.74) is 19.2. The summed E-state index contributed by atoms with van der Waals surface area (Å²) in [5, 5.41) is 0. The van der Waals surface area contributed by atoms with Gasteiger partial charge in [-0.25, -0.2) is 0 Å². The van der Waals surface area contributed by atoms with Crippen LogP contribution in [0.3, 0.4) is 0 Å². The van der Waals surface area contributed by atoms with Crippen molar-refractivity contribution in [2.24, 2.45) is 0 Å². The topological polar surface area (TPSA) is 6.48 Å². The molecule has 0 spiro atoms. The van der Waals surface area contributed by atoms with Crippen LogP contribution in [-0.4, -0.2) is 0 Å². The van der Waals surface area contributed by atoms with Gasteiger partial charge in [0.05, 0.1) is 0 Å². The van der Waals surface area contributed by atoms with Crippen molar-refractivity contribution in [3.63, 3.8) is 0 Å². The van der Waals surface area contributed by atoms with Gasteiger partial charge in [-0.2, -0.15) is 0 Å². The van der Waals surface area contributed by atoms with Gasteiger partial charge >= 0.3 is 0 Å². The molecular formula is C52H48N2. The summed E-state index contributed by atoms with van der Waals surface area (Å²) in [7, 11) is 0. The van der Waals surface area contributed by atoms with E-state index in [1.165, 1.54) is 55.6 Å². The molecule has 0 aromatic heterocycles. The van der Waals surface area contributed by atoms with Crippen molar-refractivity contribution in [1.29, 1.82) is 0 Å². The van der Waals surface area contributed by atoms with E-state index in [-0.39, 0.29) is 0 Å². The lowest BCUT2D eigenvalue weighted by atomic mass is 9.97. The van der Waals surface area contributed by atoms with Crippen LogP contribution in [0.4, 0.5) is 34.1 Å². The predicted molar refractivity (Wildman–Crippen MR) is 235 cm³/mol. The smallest absolute Gasteiger partial charge is 0.0464 e. The zero-order valence-electron chi connectivity index (χ0n) is 32.2. The monoisotopic (exact) mass is 700 g/mol. The van der Waals surface area contributed by atoms with Crippen molar-refractivity contribution in [3.05, 3.63) is 213 Å². The van der Waals surface area contributed by atoms with Crippen molar-refractivity contribution < 1.29 is 0 Å². The van der Waals surface area contributed by atoms with E-state index in [2.05, 4.69) is 233 Å². The Labute approximate surface area is 322 Å². The molecule has 0 aliphatic carbocycles. The summed E-state index contributed by atoms with van der Waals surface area (Å²) in [6, 6.07) is 56.7. The van der Waals surface area contributed by atoms with Gasteiger partial charge in [0, 0.05) is 34.1 Å². The van der Waals surface area contributed by atoms with Crippen LogP contribution in [-0.2, 0) is 0 Å². The van der Waals surface area contributed by atoms with E-state index >= 15 is 0 Å². The number of para-hydroxylation sites is 2. The summed E-state index contributed by atoms with van der Waals surface area (Å²) in [5.74, 6) is 0. The molecule has 54 heavy (non-hydrogen) atoms. The Hall–Kier alpha value is -6.38. The first-order chi connectivity index (χ1) is 26.2. The van der Waals surface area contributed by atoms with Crippen molar-refractivity contribution in [1.82, 2.24) is 0 Å². The highest BCUT2D eigenvalue weighted by Crippen LogP contribution is 2.37. The minimum atomic E-state index is 1.14. The fourth-order valence-electron chi connectivity index (χ4n) is 7.13. The van der Waals surface area contributed by atoms with Gasteiger partial charge in [-0.15, -0.1) is 0 Å². The molecule has 266 valence electrons. The SMILES string of the molecule is Cc1cccc(N(c2ccccc2)c2ccc(C=Cc3cc(C)c(C=Cc4ccc(N(c5ccccc5)c5cccc(C)c5)cc4C)cc3C)c(C)c2)c1. The number of nitrogens with zero attached hydrogens (tertiary/aromatic N) is 2. The van der Waals surface area contributed by atoms with Crippen molar-refractivity contribution in [3.8, 4) is 0 Å². The first kappa shape index (κ1) is 36.0. The molecule has 0 N–H and O–H groups in total. The molecule has 0 aliphatic rings. The van der Waals surface area contributed by atoms with Crippen LogP contribution in [0.15, 0.2) is 158 Å². The molecule has 0 saturated heterocycles. The standard InChI is InChI=1S/C52H48N2/c1-37-15-13-21-49(31-37)53(47-17-9-7-10-18-47)51-29-27-43(41(5)35-51)23-25-45-33-40(4)46(34-39(45)3)26-24-44-28-30-52(36-42(44)6)54(48-19-11-8-12-20-48)50-22-14-16-38(2)32-50/h7-36H,1-6H3. The third kappa shape index (κ3) is 8.14. The number of anilines is 6. The van der Waals surface area contributed by atoms with Crippen molar-refractivity contribution >= 4 is 58.4 Å². The second-order valence-electron chi connectivity index (χ2n) is 14.3. The van der Waals surface area contributed by atoms with E-state index in [4.69, 9.17) is 0 Å². The molecule has 7 aromatic rings. The lowest BCUT2D eigenvalue weighted by Gasteiger charge is -2.26. The maximum atomic E-state index is 2.33. The Morgan fingerprint density at radius 2 is 0.611 bits per heavy atom. The Bertz CT molecular complexity index is 2280. The summed E-state index contributed by atoms with van der Waals surface area (Å²) in [4.78, 5) is 4.65. The lowest BCUT2D eigenvalue weighted by Crippen LogP contribution is -2.10. The Kier molecular flexibility index (Phi) is 10.7. The number of hydrogen-bond acceptors (Lipinski definition) is 2. The number of benzene rings is 7. The van der Waals surface area contributed by atoms with Crippen LogP contribution in [0.1, 0.15) is 55.6 Å². The third-order valence-corrected chi connectivity index (χ3v) is 10.1. The zero-order valence-corrected chi connectivity index (χ0v) is 32.2. The molecule has 0 saturated carbocycles. The normalized spacial score (nSPS) is 11.4. The van der Waals surface area contributed by atoms with E-state index in [0.29, 0.717) is 0 Å². The molecule has 0 bridgehead atoms. The summed E-state index contributed by atoms with van der Waals surface area (Å²) in [6.07, 6.45) is 9.00. The maximum Gasteiger partial charge on any atom is 0.0464 e. The number of rotatable bonds is 10. The highest BCUT2D eigenvalue weighted by atomic mass is 15.1. The van der Waals surface area contributed by atoms with Crippen molar-refractivity contribution in [2.45, 2.75) is 41.5 Å². The van der Waals surface area contributed by atoms with Crippen LogP contribution < -0.4 is 9.80 Å². The van der Waals surface area contributed by atoms with Gasteiger partial charge < -0.3 is 9.80 Å². The molecule has 0 fully saturated rings. The van der Waals surface area contributed by atoms with Gasteiger partial charge in [0.1, 0.15) is 0 Å². The number of aryl methyl sites for hydroxylation is 6.